The van der Waals surface area contributed by atoms with Crippen LogP contribution < -0.4 is 10.9 Å². The van der Waals surface area contributed by atoms with E-state index >= 15 is 0 Å². The Morgan fingerprint density at radius 3 is 2.00 bits per heavy atom. The van der Waals surface area contributed by atoms with Gasteiger partial charge >= 0.3 is 0 Å². The summed E-state index contributed by atoms with van der Waals surface area (Å²) in [5.41, 5.74) is 4.88. The van der Waals surface area contributed by atoms with Crippen LogP contribution in [0.1, 0.15) is 20.7 Å². The fourth-order valence-electron chi connectivity index (χ4n) is 1.59. The zero-order valence-electron chi connectivity index (χ0n) is 10.6. The number of carbonyl (C=O) groups excluding carboxylic acids is 2. The van der Waals surface area contributed by atoms with Crippen molar-refractivity contribution in [3.8, 4) is 5.75 Å². The maximum Gasteiger partial charge on any atom is 0.269 e. The quantitative estimate of drug-likeness (QED) is 0.743. The number of halogens is 2. The first-order valence-corrected chi connectivity index (χ1v) is 6.57. The molecule has 3 N–H and O–H groups in total. The number of amides is 2. The number of nitrogens with one attached hydrogen (secondary N) is 2. The highest BCUT2D eigenvalue weighted by molar-refractivity contribution is 6.35. The summed E-state index contributed by atoms with van der Waals surface area (Å²) in [6.07, 6.45) is 0. The Bertz CT molecular complexity index is 684. The molecule has 0 spiro atoms. The molecular formula is C14H10Cl2N2O3. The molecule has 0 unspecified atom stereocenters. The van der Waals surface area contributed by atoms with Gasteiger partial charge in [0.2, 0.25) is 0 Å². The second kappa shape index (κ2) is 6.47. The van der Waals surface area contributed by atoms with Crippen LogP contribution in [0.4, 0.5) is 0 Å². The molecule has 0 radical (unpaired) electrons. The lowest BCUT2D eigenvalue weighted by Crippen LogP contribution is -2.41. The second-order valence-corrected chi connectivity index (χ2v) is 4.99. The predicted octanol–water partition coefficient (Wildman–Crippen LogP) is 2.77. The lowest BCUT2D eigenvalue weighted by Gasteiger charge is -2.08. The van der Waals surface area contributed by atoms with Gasteiger partial charge in [0.15, 0.2) is 0 Å². The minimum atomic E-state index is -0.563. The Hall–Kier alpha value is -2.24. The summed E-state index contributed by atoms with van der Waals surface area (Å²) in [6, 6.07) is 10.1. The van der Waals surface area contributed by atoms with Crippen LogP contribution in [0.25, 0.3) is 0 Å². The van der Waals surface area contributed by atoms with Crippen LogP contribution in [0, 0.1) is 0 Å². The molecular weight excluding hydrogens is 315 g/mol. The van der Waals surface area contributed by atoms with Gasteiger partial charge in [-0.25, -0.2) is 0 Å². The second-order valence-electron chi connectivity index (χ2n) is 4.12. The number of hydrogen-bond acceptors (Lipinski definition) is 3. The Labute approximate surface area is 130 Å². The number of carbonyl (C=O) groups is 2. The van der Waals surface area contributed by atoms with Crippen LogP contribution in [-0.2, 0) is 0 Å². The van der Waals surface area contributed by atoms with Crippen molar-refractivity contribution in [2.75, 3.05) is 0 Å². The normalized spacial score (nSPS) is 10.0. The molecule has 0 aliphatic heterocycles. The van der Waals surface area contributed by atoms with Crippen molar-refractivity contribution < 1.29 is 14.7 Å². The molecule has 108 valence electrons. The van der Waals surface area contributed by atoms with Gasteiger partial charge < -0.3 is 5.11 Å². The zero-order valence-corrected chi connectivity index (χ0v) is 12.1. The number of hydrazine groups is 1. The molecule has 0 aromatic heterocycles. The van der Waals surface area contributed by atoms with Gasteiger partial charge in [-0.15, -0.1) is 0 Å². The Balaban J connectivity index is 2.02. The van der Waals surface area contributed by atoms with E-state index in [0.29, 0.717) is 10.0 Å². The zero-order chi connectivity index (χ0) is 15.4. The third kappa shape index (κ3) is 4.11. The van der Waals surface area contributed by atoms with E-state index < -0.39 is 11.8 Å². The Kier molecular flexibility index (Phi) is 4.67. The number of phenolic OH excluding ortho intramolecular Hbond substituents is 1. The Morgan fingerprint density at radius 2 is 1.43 bits per heavy atom. The van der Waals surface area contributed by atoms with Crippen molar-refractivity contribution >= 4 is 35.0 Å². The summed E-state index contributed by atoms with van der Waals surface area (Å²) in [5.74, 6) is -1.17. The highest BCUT2D eigenvalue weighted by atomic mass is 35.5. The number of phenols is 1. The maximum absolute atomic E-state index is 11.9. The van der Waals surface area contributed by atoms with Gasteiger partial charge in [-0.3, -0.25) is 20.4 Å². The molecule has 2 aromatic carbocycles. The minimum Gasteiger partial charge on any atom is -0.508 e. The van der Waals surface area contributed by atoms with Gasteiger partial charge in [-0.2, -0.15) is 0 Å². The SMILES string of the molecule is O=C(NNC(=O)c1cc(Cl)cc(Cl)c1)c1cccc(O)c1. The van der Waals surface area contributed by atoms with Crippen LogP contribution in [0.15, 0.2) is 42.5 Å². The van der Waals surface area contributed by atoms with E-state index in [0.717, 1.165) is 0 Å². The first-order valence-electron chi connectivity index (χ1n) is 5.81. The average Bonchev–Trinajstić information content (AvgIpc) is 2.43. The van der Waals surface area contributed by atoms with E-state index in [1.165, 1.54) is 42.5 Å². The van der Waals surface area contributed by atoms with Gasteiger partial charge in [-0.1, -0.05) is 29.3 Å². The third-order valence-corrected chi connectivity index (χ3v) is 2.96. The molecule has 5 nitrogen and oxygen atoms in total. The molecule has 21 heavy (non-hydrogen) atoms. The first-order chi connectivity index (χ1) is 9.95. The van der Waals surface area contributed by atoms with Crippen LogP contribution in [0.2, 0.25) is 10.0 Å². The Morgan fingerprint density at radius 1 is 0.857 bits per heavy atom. The molecule has 0 atom stereocenters. The maximum atomic E-state index is 11.9. The molecule has 7 heteroatoms. The molecule has 0 saturated heterocycles. The van der Waals surface area contributed by atoms with Crippen molar-refractivity contribution in [2.24, 2.45) is 0 Å². The summed E-state index contributed by atoms with van der Waals surface area (Å²) in [5, 5.41) is 9.91. The summed E-state index contributed by atoms with van der Waals surface area (Å²) in [6.45, 7) is 0. The highest BCUT2D eigenvalue weighted by Gasteiger charge is 2.10. The monoisotopic (exact) mass is 324 g/mol. The van der Waals surface area contributed by atoms with Gasteiger partial charge in [0.1, 0.15) is 5.75 Å². The van der Waals surface area contributed by atoms with Gasteiger partial charge in [0.25, 0.3) is 11.8 Å². The molecule has 2 rings (SSSR count). The third-order valence-electron chi connectivity index (χ3n) is 2.52. The van der Waals surface area contributed by atoms with Crippen molar-refractivity contribution in [3.63, 3.8) is 0 Å². The fourth-order valence-corrected chi connectivity index (χ4v) is 2.12. The van der Waals surface area contributed by atoms with Crippen molar-refractivity contribution in [2.45, 2.75) is 0 Å². The summed E-state index contributed by atoms with van der Waals surface area (Å²) >= 11 is 11.6. The lowest BCUT2D eigenvalue weighted by atomic mass is 10.2. The van der Waals surface area contributed by atoms with Crippen molar-refractivity contribution in [1.82, 2.24) is 10.9 Å². The number of rotatable bonds is 2. The lowest BCUT2D eigenvalue weighted by molar-refractivity contribution is 0.0846. The molecule has 0 aliphatic rings. The van der Waals surface area contributed by atoms with Crippen LogP contribution in [-0.4, -0.2) is 16.9 Å². The molecule has 2 aromatic rings. The number of hydrogen-bond donors (Lipinski definition) is 3. The topological polar surface area (TPSA) is 78.4 Å². The number of aromatic hydroxyl groups is 1. The predicted molar refractivity (Wildman–Crippen MR) is 79.5 cm³/mol. The van der Waals surface area contributed by atoms with Gasteiger partial charge in [0, 0.05) is 21.2 Å². The smallest absolute Gasteiger partial charge is 0.269 e. The van der Waals surface area contributed by atoms with E-state index in [1.54, 1.807) is 0 Å². The van der Waals surface area contributed by atoms with E-state index in [4.69, 9.17) is 23.2 Å². The first kappa shape index (κ1) is 15.2. The van der Waals surface area contributed by atoms with E-state index in [9.17, 15) is 14.7 Å². The summed E-state index contributed by atoms with van der Waals surface area (Å²) in [7, 11) is 0. The summed E-state index contributed by atoms with van der Waals surface area (Å²) < 4.78 is 0. The standard InChI is InChI=1S/C14H10Cl2N2O3/c15-10-4-9(5-11(16)7-10)14(21)18-17-13(20)8-2-1-3-12(19)6-8/h1-7,19H,(H,17,20)(H,18,21). The molecule has 0 bridgehead atoms. The van der Waals surface area contributed by atoms with Crippen LogP contribution in [0.5, 0.6) is 5.75 Å². The van der Waals surface area contributed by atoms with Crippen molar-refractivity contribution in [3.05, 3.63) is 63.6 Å². The molecule has 0 fully saturated rings. The molecule has 0 aliphatic carbocycles. The van der Waals surface area contributed by atoms with E-state index in [2.05, 4.69) is 10.9 Å². The van der Waals surface area contributed by atoms with E-state index in [-0.39, 0.29) is 16.9 Å². The largest absolute Gasteiger partial charge is 0.508 e. The molecule has 0 saturated carbocycles. The summed E-state index contributed by atoms with van der Waals surface area (Å²) in [4.78, 5) is 23.6. The highest BCUT2D eigenvalue weighted by Crippen LogP contribution is 2.18. The van der Waals surface area contributed by atoms with Crippen LogP contribution in [0.3, 0.4) is 0 Å². The van der Waals surface area contributed by atoms with Crippen LogP contribution >= 0.6 is 23.2 Å². The van der Waals surface area contributed by atoms with Crippen molar-refractivity contribution in [1.29, 1.82) is 0 Å². The minimum absolute atomic E-state index is 0.0457. The average molecular weight is 325 g/mol. The van der Waals surface area contributed by atoms with Gasteiger partial charge in [-0.05, 0) is 36.4 Å². The fraction of sp³-hybridized carbons (Fsp3) is 0. The number of benzene rings is 2. The van der Waals surface area contributed by atoms with Gasteiger partial charge in [0.05, 0.1) is 0 Å². The molecule has 2 amide bonds. The van der Waals surface area contributed by atoms with E-state index in [1.807, 2.05) is 0 Å². The molecule has 0 heterocycles.